The fraction of sp³-hybridized carbons (Fsp3) is 0.200. The predicted molar refractivity (Wildman–Crippen MR) is 61.3 cm³/mol. The van der Waals surface area contributed by atoms with Crippen LogP contribution >= 0.6 is 15.9 Å². The SMILES string of the molecule is Cc1nc2c(OC(F)(F)F)cc(Br)cn2c1C(=O)O. The number of hydrogen-bond donors (Lipinski definition) is 1. The molecule has 2 heterocycles. The maximum Gasteiger partial charge on any atom is 0.573 e. The maximum absolute atomic E-state index is 12.3. The molecule has 0 saturated heterocycles. The van der Waals surface area contributed by atoms with E-state index in [1.165, 1.54) is 13.1 Å². The topological polar surface area (TPSA) is 63.8 Å². The summed E-state index contributed by atoms with van der Waals surface area (Å²) in [6, 6.07) is 1.07. The Morgan fingerprint density at radius 2 is 2.16 bits per heavy atom. The Morgan fingerprint density at radius 3 is 2.68 bits per heavy atom. The van der Waals surface area contributed by atoms with Crippen molar-refractivity contribution in [2.45, 2.75) is 13.3 Å². The molecule has 0 atom stereocenters. The molecule has 0 aliphatic carbocycles. The van der Waals surface area contributed by atoms with Gasteiger partial charge in [-0.25, -0.2) is 9.78 Å². The molecule has 0 aliphatic heterocycles. The number of carboxylic acids is 1. The van der Waals surface area contributed by atoms with Gasteiger partial charge in [-0.15, -0.1) is 13.2 Å². The molecule has 0 aromatic carbocycles. The minimum Gasteiger partial charge on any atom is -0.477 e. The fourth-order valence-corrected chi connectivity index (χ4v) is 2.07. The smallest absolute Gasteiger partial charge is 0.477 e. The quantitative estimate of drug-likeness (QED) is 0.914. The third-order valence-electron chi connectivity index (χ3n) is 2.26. The highest BCUT2D eigenvalue weighted by atomic mass is 79.9. The van der Waals surface area contributed by atoms with Crippen LogP contribution < -0.4 is 4.74 Å². The van der Waals surface area contributed by atoms with Gasteiger partial charge in [0.05, 0.1) is 5.69 Å². The van der Waals surface area contributed by atoms with Crippen LogP contribution in [0.4, 0.5) is 13.2 Å². The van der Waals surface area contributed by atoms with Crippen LogP contribution in [0, 0.1) is 6.92 Å². The first kappa shape index (κ1) is 13.7. The predicted octanol–water partition coefficient (Wildman–Crippen LogP) is 3.00. The number of pyridine rings is 1. The number of carboxylic acid groups (broad SMARTS) is 1. The number of aromatic nitrogens is 2. The molecule has 0 spiro atoms. The number of carbonyl (C=O) groups is 1. The van der Waals surface area contributed by atoms with Gasteiger partial charge in [-0.3, -0.25) is 4.40 Å². The summed E-state index contributed by atoms with van der Waals surface area (Å²) < 4.78 is 41.9. The lowest BCUT2D eigenvalue weighted by molar-refractivity contribution is -0.274. The van der Waals surface area contributed by atoms with E-state index in [0.29, 0.717) is 0 Å². The molecule has 0 unspecified atom stereocenters. The van der Waals surface area contributed by atoms with Crippen molar-refractivity contribution >= 4 is 27.5 Å². The van der Waals surface area contributed by atoms with Crippen LogP contribution in [0.3, 0.4) is 0 Å². The molecular weight excluding hydrogens is 333 g/mol. The average molecular weight is 339 g/mol. The largest absolute Gasteiger partial charge is 0.573 e. The first-order chi connectivity index (χ1) is 8.69. The van der Waals surface area contributed by atoms with Crippen LogP contribution in [0.5, 0.6) is 5.75 Å². The van der Waals surface area contributed by atoms with E-state index in [1.54, 1.807) is 0 Å². The van der Waals surface area contributed by atoms with E-state index in [2.05, 4.69) is 25.7 Å². The minimum absolute atomic E-state index is 0.0950. The zero-order chi connectivity index (χ0) is 14.4. The second-order valence-corrected chi connectivity index (χ2v) is 4.53. The number of hydrogen-bond acceptors (Lipinski definition) is 3. The number of imidazole rings is 1. The monoisotopic (exact) mass is 338 g/mol. The molecule has 0 radical (unpaired) electrons. The summed E-state index contributed by atoms with van der Waals surface area (Å²) in [4.78, 5) is 14.9. The van der Waals surface area contributed by atoms with Crippen molar-refractivity contribution in [1.82, 2.24) is 9.38 Å². The Morgan fingerprint density at radius 1 is 1.53 bits per heavy atom. The summed E-state index contributed by atoms with van der Waals surface area (Å²) in [6.45, 7) is 1.39. The van der Waals surface area contributed by atoms with Crippen molar-refractivity contribution in [1.29, 1.82) is 0 Å². The van der Waals surface area contributed by atoms with Crippen molar-refractivity contribution < 1.29 is 27.8 Å². The highest BCUT2D eigenvalue weighted by molar-refractivity contribution is 9.10. The molecule has 0 fully saturated rings. The minimum atomic E-state index is -4.88. The Labute approximate surface area is 112 Å². The van der Waals surface area contributed by atoms with Crippen molar-refractivity contribution in [3.8, 4) is 5.75 Å². The molecule has 0 saturated carbocycles. The van der Waals surface area contributed by atoms with Crippen molar-refractivity contribution in [2.24, 2.45) is 0 Å². The lowest BCUT2D eigenvalue weighted by Gasteiger charge is -2.10. The van der Waals surface area contributed by atoms with E-state index in [-0.39, 0.29) is 21.5 Å². The highest BCUT2D eigenvalue weighted by Crippen LogP contribution is 2.31. The van der Waals surface area contributed by atoms with Gasteiger partial charge < -0.3 is 9.84 Å². The lowest BCUT2D eigenvalue weighted by Crippen LogP contribution is -2.18. The van der Waals surface area contributed by atoms with Gasteiger partial charge in [0.15, 0.2) is 17.1 Å². The molecule has 9 heteroatoms. The van der Waals surface area contributed by atoms with Crippen molar-refractivity contribution in [3.05, 3.63) is 28.1 Å². The van der Waals surface area contributed by atoms with E-state index in [0.717, 1.165) is 10.5 Å². The van der Waals surface area contributed by atoms with Gasteiger partial charge in [-0.1, -0.05) is 0 Å². The molecule has 0 bridgehead atoms. The van der Waals surface area contributed by atoms with Crippen molar-refractivity contribution in [3.63, 3.8) is 0 Å². The zero-order valence-electron chi connectivity index (χ0n) is 9.32. The van der Waals surface area contributed by atoms with Gasteiger partial charge >= 0.3 is 12.3 Å². The summed E-state index contributed by atoms with van der Waals surface area (Å²) in [5, 5.41) is 9.03. The van der Waals surface area contributed by atoms with Crippen LogP contribution in [0.1, 0.15) is 16.2 Å². The second-order valence-electron chi connectivity index (χ2n) is 3.61. The van der Waals surface area contributed by atoms with Gasteiger partial charge in [-0.05, 0) is 22.9 Å². The summed E-state index contributed by atoms with van der Waals surface area (Å²) in [5.41, 5.74) is -0.337. The molecule has 5 nitrogen and oxygen atoms in total. The molecule has 2 aromatic heterocycles. The number of alkyl halides is 3. The van der Waals surface area contributed by atoms with Gasteiger partial charge in [0.25, 0.3) is 0 Å². The van der Waals surface area contributed by atoms with Crippen molar-refractivity contribution in [2.75, 3.05) is 0 Å². The Bertz CT molecular complexity index is 666. The lowest BCUT2D eigenvalue weighted by atomic mass is 10.3. The fourth-order valence-electron chi connectivity index (χ4n) is 1.65. The van der Waals surface area contributed by atoms with Crippen LogP contribution in [-0.4, -0.2) is 26.8 Å². The number of aromatic carboxylic acids is 1. The number of nitrogens with zero attached hydrogens (tertiary/aromatic N) is 2. The van der Waals surface area contributed by atoms with E-state index in [9.17, 15) is 18.0 Å². The number of rotatable bonds is 2. The summed E-state index contributed by atoms with van der Waals surface area (Å²) >= 11 is 2.99. The number of halogens is 4. The van der Waals surface area contributed by atoms with Gasteiger partial charge in [0.1, 0.15) is 0 Å². The van der Waals surface area contributed by atoms with E-state index < -0.39 is 18.1 Å². The van der Waals surface area contributed by atoms with Crippen LogP contribution in [0.25, 0.3) is 5.65 Å². The first-order valence-electron chi connectivity index (χ1n) is 4.86. The molecule has 2 aromatic rings. The second kappa shape index (κ2) is 4.41. The Kier molecular flexibility index (Phi) is 3.17. The maximum atomic E-state index is 12.3. The number of fused-ring (bicyclic) bond motifs is 1. The molecule has 102 valence electrons. The summed E-state index contributed by atoms with van der Waals surface area (Å²) in [7, 11) is 0. The third-order valence-corrected chi connectivity index (χ3v) is 2.69. The molecule has 0 amide bonds. The highest BCUT2D eigenvalue weighted by Gasteiger charge is 2.33. The summed E-state index contributed by atoms with van der Waals surface area (Å²) in [6.07, 6.45) is -3.58. The average Bonchev–Trinajstić information content (AvgIpc) is 2.51. The molecular formula is C10H6BrF3N2O3. The first-order valence-corrected chi connectivity index (χ1v) is 5.65. The number of aryl methyl sites for hydroxylation is 1. The third kappa shape index (κ3) is 2.65. The van der Waals surface area contributed by atoms with Crippen LogP contribution in [0.15, 0.2) is 16.7 Å². The van der Waals surface area contributed by atoms with Crippen LogP contribution in [0.2, 0.25) is 0 Å². The Balaban J connectivity index is 2.73. The summed E-state index contributed by atoms with van der Waals surface area (Å²) in [5.74, 6) is -1.86. The van der Waals surface area contributed by atoms with E-state index in [4.69, 9.17) is 5.11 Å². The molecule has 1 N–H and O–H groups in total. The van der Waals surface area contributed by atoms with Gasteiger partial charge in [-0.2, -0.15) is 0 Å². The molecule has 19 heavy (non-hydrogen) atoms. The Hall–Kier alpha value is -1.77. The zero-order valence-corrected chi connectivity index (χ0v) is 10.9. The molecule has 2 rings (SSSR count). The standard InChI is InChI=1S/C10H6BrF3N2O3/c1-4-7(9(17)18)16-3-5(11)2-6(8(16)15-4)19-10(12,13)14/h2-3H,1H3,(H,17,18). The van der Waals surface area contributed by atoms with E-state index in [1.807, 2.05) is 0 Å². The van der Waals surface area contributed by atoms with Gasteiger partial charge in [0, 0.05) is 16.7 Å². The van der Waals surface area contributed by atoms with Crippen LogP contribution in [-0.2, 0) is 0 Å². The normalized spacial score (nSPS) is 11.8. The van der Waals surface area contributed by atoms with Gasteiger partial charge in [0.2, 0.25) is 0 Å². The number of ether oxygens (including phenoxy) is 1. The van der Waals surface area contributed by atoms with E-state index >= 15 is 0 Å². The molecule has 0 aliphatic rings.